The van der Waals surface area contributed by atoms with Crippen LogP contribution in [0.15, 0.2) is 24.4 Å². The van der Waals surface area contributed by atoms with Gasteiger partial charge in [-0.1, -0.05) is 12.1 Å². The number of thiazole rings is 1. The lowest BCUT2D eigenvalue weighted by Gasteiger charge is -2.07. The van der Waals surface area contributed by atoms with E-state index in [0.29, 0.717) is 13.1 Å². The monoisotopic (exact) mass is 396 g/mol. The molecule has 1 aliphatic carbocycles. The predicted octanol–water partition coefficient (Wildman–Crippen LogP) is 4.29. The van der Waals surface area contributed by atoms with Gasteiger partial charge in [0.2, 0.25) is 0 Å². The molecule has 5 nitrogen and oxygen atoms in total. The third-order valence-corrected chi connectivity index (χ3v) is 6.56. The SMILES string of the molecule is Cc1ccc2c(CCNC(=O)NCCCc3nc4c(s3)CCCC4)c[nH]c2c1. The first-order chi connectivity index (χ1) is 13.7. The highest BCUT2D eigenvalue weighted by Gasteiger charge is 2.14. The van der Waals surface area contributed by atoms with E-state index in [1.165, 1.54) is 51.4 Å². The molecule has 2 heterocycles. The highest BCUT2D eigenvalue weighted by molar-refractivity contribution is 7.11. The molecule has 3 aromatic rings. The molecular weight excluding hydrogens is 368 g/mol. The molecule has 2 amide bonds. The molecular formula is C22H28N4OS. The number of amides is 2. The first-order valence-corrected chi connectivity index (χ1v) is 11.1. The number of aryl methyl sites for hydroxylation is 4. The Morgan fingerprint density at radius 1 is 1.18 bits per heavy atom. The zero-order valence-corrected chi connectivity index (χ0v) is 17.3. The molecule has 3 N–H and O–H groups in total. The molecule has 0 radical (unpaired) electrons. The van der Waals surface area contributed by atoms with Gasteiger partial charge in [0.25, 0.3) is 0 Å². The van der Waals surface area contributed by atoms with Crippen LogP contribution < -0.4 is 10.6 Å². The fraction of sp³-hybridized carbons (Fsp3) is 0.455. The van der Waals surface area contributed by atoms with Crippen molar-refractivity contribution in [2.24, 2.45) is 0 Å². The number of nitrogens with one attached hydrogen (secondary N) is 3. The third-order valence-electron chi connectivity index (χ3n) is 5.35. The van der Waals surface area contributed by atoms with E-state index < -0.39 is 0 Å². The molecule has 0 atom stereocenters. The lowest BCUT2D eigenvalue weighted by atomic mass is 10.0. The number of urea groups is 1. The van der Waals surface area contributed by atoms with Crippen LogP contribution in [0, 0.1) is 6.92 Å². The van der Waals surface area contributed by atoms with Crippen molar-refractivity contribution in [3.8, 4) is 0 Å². The van der Waals surface area contributed by atoms with E-state index in [-0.39, 0.29) is 6.03 Å². The number of carbonyl (C=O) groups is 1. The first-order valence-electron chi connectivity index (χ1n) is 10.2. The van der Waals surface area contributed by atoms with Crippen molar-refractivity contribution in [1.29, 1.82) is 0 Å². The summed E-state index contributed by atoms with van der Waals surface area (Å²) in [6.45, 7) is 3.41. The zero-order valence-electron chi connectivity index (χ0n) is 16.4. The van der Waals surface area contributed by atoms with E-state index in [4.69, 9.17) is 4.98 Å². The molecule has 0 unspecified atom stereocenters. The maximum Gasteiger partial charge on any atom is 0.314 e. The van der Waals surface area contributed by atoms with Crippen molar-refractivity contribution >= 4 is 28.3 Å². The molecule has 0 saturated heterocycles. The molecule has 0 spiro atoms. The van der Waals surface area contributed by atoms with Crippen LogP contribution in [0.1, 0.15) is 46.0 Å². The second kappa shape index (κ2) is 8.78. The largest absolute Gasteiger partial charge is 0.361 e. The number of benzene rings is 1. The Morgan fingerprint density at radius 3 is 2.93 bits per heavy atom. The Hall–Kier alpha value is -2.34. The fourth-order valence-corrected chi connectivity index (χ4v) is 5.03. The highest BCUT2D eigenvalue weighted by atomic mass is 32.1. The van der Waals surface area contributed by atoms with Crippen LogP contribution in [-0.2, 0) is 25.7 Å². The summed E-state index contributed by atoms with van der Waals surface area (Å²) in [5.74, 6) is 0. The van der Waals surface area contributed by atoms with Gasteiger partial charge in [0.15, 0.2) is 0 Å². The smallest absolute Gasteiger partial charge is 0.314 e. The van der Waals surface area contributed by atoms with E-state index in [1.54, 1.807) is 0 Å². The van der Waals surface area contributed by atoms with E-state index in [0.717, 1.165) is 31.2 Å². The minimum atomic E-state index is -0.0888. The second-order valence-corrected chi connectivity index (χ2v) is 8.75. The maximum absolute atomic E-state index is 12.0. The van der Waals surface area contributed by atoms with E-state index in [1.807, 2.05) is 17.5 Å². The van der Waals surface area contributed by atoms with Crippen molar-refractivity contribution < 1.29 is 4.79 Å². The number of rotatable bonds is 7. The van der Waals surface area contributed by atoms with Crippen molar-refractivity contribution in [3.63, 3.8) is 0 Å². The van der Waals surface area contributed by atoms with E-state index in [2.05, 4.69) is 40.7 Å². The van der Waals surface area contributed by atoms with Gasteiger partial charge in [-0.05, 0) is 62.6 Å². The van der Waals surface area contributed by atoms with Gasteiger partial charge in [-0.3, -0.25) is 0 Å². The summed E-state index contributed by atoms with van der Waals surface area (Å²) in [6, 6.07) is 6.33. The van der Waals surface area contributed by atoms with Gasteiger partial charge < -0.3 is 15.6 Å². The number of nitrogens with zero attached hydrogens (tertiary/aromatic N) is 1. The molecule has 4 rings (SSSR count). The molecule has 2 aromatic heterocycles. The lowest BCUT2D eigenvalue weighted by Crippen LogP contribution is -2.37. The van der Waals surface area contributed by atoms with Crippen LogP contribution in [0.4, 0.5) is 4.79 Å². The number of fused-ring (bicyclic) bond motifs is 2. The van der Waals surface area contributed by atoms with E-state index >= 15 is 0 Å². The third kappa shape index (κ3) is 4.55. The van der Waals surface area contributed by atoms with Crippen LogP contribution in [0.5, 0.6) is 0 Å². The summed E-state index contributed by atoms with van der Waals surface area (Å²) >= 11 is 1.87. The Balaban J connectivity index is 1.15. The molecule has 148 valence electrons. The molecule has 1 aromatic carbocycles. The number of aromatic nitrogens is 2. The second-order valence-electron chi connectivity index (χ2n) is 7.58. The van der Waals surface area contributed by atoms with Crippen LogP contribution in [-0.4, -0.2) is 29.1 Å². The highest BCUT2D eigenvalue weighted by Crippen LogP contribution is 2.27. The van der Waals surface area contributed by atoms with Crippen LogP contribution in [0.25, 0.3) is 10.9 Å². The summed E-state index contributed by atoms with van der Waals surface area (Å²) in [5, 5.41) is 8.38. The van der Waals surface area contributed by atoms with E-state index in [9.17, 15) is 4.79 Å². The van der Waals surface area contributed by atoms with Gasteiger partial charge in [0.1, 0.15) is 0 Å². The molecule has 1 aliphatic rings. The Morgan fingerprint density at radius 2 is 2.04 bits per heavy atom. The topological polar surface area (TPSA) is 69.8 Å². The van der Waals surface area contributed by atoms with Gasteiger partial charge in [0, 0.05) is 41.5 Å². The minimum Gasteiger partial charge on any atom is -0.361 e. The van der Waals surface area contributed by atoms with Crippen LogP contribution in [0.2, 0.25) is 0 Å². The molecule has 28 heavy (non-hydrogen) atoms. The Bertz CT molecular complexity index is 935. The average Bonchev–Trinajstić information content (AvgIpc) is 3.28. The number of aromatic amines is 1. The van der Waals surface area contributed by atoms with Gasteiger partial charge in [0.05, 0.1) is 10.7 Å². The van der Waals surface area contributed by atoms with Crippen molar-refractivity contribution in [1.82, 2.24) is 20.6 Å². The van der Waals surface area contributed by atoms with Crippen LogP contribution >= 0.6 is 11.3 Å². The number of H-pyrrole nitrogens is 1. The van der Waals surface area contributed by atoms with Crippen molar-refractivity contribution in [2.75, 3.05) is 13.1 Å². The number of hydrogen-bond donors (Lipinski definition) is 3. The summed E-state index contributed by atoms with van der Waals surface area (Å²) < 4.78 is 0. The normalized spacial score (nSPS) is 13.5. The molecule has 0 fully saturated rings. The predicted molar refractivity (Wildman–Crippen MR) is 115 cm³/mol. The summed E-state index contributed by atoms with van der Waals surface area (Å²) in [6.07, 6.45) is 9.66. The fourth-order valence-electron chi connectivity index (χ4n) is 3.83. The van der Waals surface area contributed by atoms with Crippen molar-refractivity contribution in [2.45, 2.75) is 51.9 Å². The quantitative estimate of drug-likeness (QED) is 0.522. The summed E-state index contributed by atoms with van der Waals surface area (Å²) in [4.78, 5) is 21.6. The molecule has 0 aliphatic heterocycles. The van der Waals surface area contributed by atoms with Gasteiger partial charge >= 0.3 is 6.03 Å². The van der Waals surface area contributed by atoms with Crippen molar-refractivity contribution in [3.05, 3.63) is 51.1 Å². The number of hydrogen-bond acceptors (Lipinski definition) is 3. The Labute approximate surface area is 170 Å². The summed E-state index contributed by atoms with van der Waals surface area (Å²) in [7, 11) is 0. The lowest BCUT2D eigenvalue weighted by molar-refractivity contribution is 0.241. The molecule has 0 bridgehead atoms. The van der Waals surface area contributed by atoms with Gasteiger partial charge in [-0.25, -0.2) is 9.78 Å². The van der Waals surface area contributed by atoms with Gasteiger partial charge in [-0.2, -0.15) is 0 Å². The van der Waals surface area contributed by atoms with Gasteiger partial charge in [-0.15, -0.1) is 11.3 Å². The maximum atomic E-state index is 12.0. The summed E-state index contributed by atoms with van der Waals surface area (Å²) in [5.41, 5.74) is 4.96. The number of carbonyl (C=O) groups excluding carboxylic acids is 1. The average molecular weight is 397 g/mol. The molecule has 6 heteroatoms. The zero-order chi connectivity index (χ0) is 19.3. The minimum absolute atomic E-state index is 0.0888. The molecule has 0 saturated carbocycles. The van der Waals surface area contributed by atoms with Crippen LogP contribution in [0.3, 0.4) is 0 Å². The Kier molecular flexibility index (Phi) is 5.95. The first kappa shape index (κ1) is 19.0. The standard InChI is InChI=1S/C22H28N4OS/c1-15-8-9-17-16(14-25-19(17)13-15)10-12-24-22(27)23-11-4-7-21-26-18-5-2-3-6-20(18)28-21/h8-9,13-14,25H,2-7,10-12H2,1H3,(H2,23,24,27).